The molecule has 1 aliphatic heterocycles. The average molecular weight is 338 g/mol. The van der Waals surface area contributed by atoms with E-state index in [0.29, 0.717) is 0 Å². The van der Waals surface area contributed by atoms with Crippen molar-refractivity contribution >= 4 is 48.8 Å². The number of nitrogens with zero attached hydrogens (tertiary/aromatic N) is 1. The molecular formula is C6H12Br3N. The van der Waals surface area contributed by atoms with Crippen molar-refractivity contribution < 1.29 is 0 Å². The van der Waals surface area contributed by atoms with Crippen molar-refractivity contribution in [2.75, 3.05) is 17.3 Å². The molecule has 0 aromatic rings. The molecule has 1 saturated heterocycles. The Bertz CT molecular complexity index is 79.1. The number of hydrogen-bond donors (Lipinski definition) is 0. The minimum atomic E-state index is 0. The number of hydrogen-bond acceptors (Lipinski definition) is 1. The third-order valence-corrected chi connectivity index (χ3v) is 3.22. The first-order valence-corrected chi connectivity index (χ1v) is 5.48. The summed E-state index contributed by atoms with van der Waals surface area (Å²) in [5.74, 6) is 0. The highest BCUT2D eigenvalue weighted by molar-refractivity contribution is 9.09. The van der Waals surface area contributed by atoms with Crippen molar-refractivity contribution in [1.29, 1.82) is 0 Å². The van der Waals surface area contributed by atoms with Gasteiger partial charge in [-0.1, -0.05) is 31.9 Å². The van der Waals surface area contributed by atoms with Gasteiger partial charge in [-0.3, -0.25) is 4.90 Å². The molecule has 1 unspecified atom stereocenters. The van der Waals surface area contributed by atoms with Crippen LogP contribution < -0.4 is 0 Å². The fourth-order valence-electron chi connectivity index (χ4n) is 1.23. The van der Waals surface area contributed by atoms with Crippen LogP contribution in [0.4, 0.5) is 0 Å². The van der Waals surface area contributed by atoms with E-state index < -0.39 is 0 Å². The van der Waals surface area contributed by atoms with Crippen molar-refractivity contribution in [2.24, 2.45) is 0 Å². The van der Waals surface area contributed by atoms with Gasteiger partial charge in [0.1, 0.15) is 0 Å². The van der Waals surface area contributed by atoms with Gasteiger partial charge in [0.05, 0.1) is 5.45 Å². The summed E-state index contributed by atoms with van der Waals surface area (Å²) in [6.07, 6.45) is 2.72. The van der Waals surface area contributed by atoms with E-state index in [4.69, 9.17) is 0 Å². The largest absolute Gasteiger partial charge is 0.290 e. The number of likely N-dealkylation sites (tertiary alicyclic amines) is 1. The molecule has 0 aromatic carbocycles. The Kier molecular flexibility index (Phi) is 6.81. The highest BCUT2D eigenvalue weighted by Gasteiger charge is 2.21. The Morgan fingerprint density at radius 3 is 2.50 bits per heavy atom. The monoisotopic (exact) mass is 335 g/mol. The molecule has 0 radical (unpaired) electrons. The fraction of sp³-hybridized carbons (Fsp3) is 1.00. The molecule has 1 aliphatic rings. The van der Waals surface area contributed by atoms with E-state index in [9.17, 15) is 0 Å². The summed E-state index contributed by atoms with van der Waals surface area (Å²) < 4.78 is 0. The van der Waals surface area contributed by atoms with Gasteiger partial charge in [0, 0.05) is 11.4 Å². The highest BCUT2D eigenvalue weighted by Crippen LogP contribution is 2.19. The van der Waals surface area contributed by atoms with E-state index in [2.05, 4.69) is 36.8 Å². The lowest BCUT2D eigenvalue weighted by Gasteiger charge is -2.18. The van der Waals surface area contributed by atoms with E-state index in [1.165, 1.54) is 19.4 Å². The summed E-state index contributed by atoms with van der Waals surface area (Å²) in [6, 6.07) is 0.782. The molecule has 0 bridgehead atoms. The highest BCUT2D eigenvalue weighted by atomic mass is 79.9. The van der Waals surface area contributed by atoms with Crippen LogP contribution in [0.25, 0.3) is 0 Å². The minimum absolute atomic E-state index is 0. The molecule has 1 nitrogen and oxygen atoms in total. The molecule has 0 saturated carbocycles. The van der Waals surface area contributed by atoms with Gasteiger partial charge in [0.2, 0.25) is 0 Å². The second-order valence-electron chi connectivity index (χ2n) is 2.38. The summed E-state index contributed by atoms with van der Waals surface area (Å²) in [6.45, 7) is 1.27. The van der Waals surface area contributed by atoms with E-state index in [-0.39, 0.29) is 17.0 Å². The second kappa shape index (κ2) is 5.98. The lowest BCUT2D eigenvalue weighted by molar-refractivity contribution is 0.325. The maximum Gasteiger partial charge on any atom is 0.0545 e. The molecule has 0 spiro atoms. The molecule has 0 aliphatic carbocycles. The molecule has 1 rings (SSSR count). The van der Waals surface area contributed by atoms with Gasteiger partial charge in [-0.2, -0.15) is 0 Å². The topological polar surface area (TPSA) is 3.24 Å². The van der Waals surface area contributed by atoms with Gasteiger partial charge in [0.25, 0.3) is 0 Å². The molecule has 10 heavy (non-hydrogen) atoms. The molecular weight excluding hydrogens is 326 g/mol. The second-order valence-corrected chi connectivity index (χ2v) is 3.53. The molecule has 0 N–H and O–H groups in total. The smallest absolute Gasteiger partial charge is 0.0545 e. The first kappa shape index (κ1) is 11.4. The molecule has 62 valence electrons. The summed E-state index contributed by atoms with van der Waals surface area (Å²) >= 11 is 6.96. The zero-order valence-corrected chi connectivity index (χ0v) is 10.6. The van der Waals surface area contributed by atoms with Crippen molar-refractivity contribution in [2.45, 2.75) is 18.9 Å². The van der Waals surface area contributed by atoms with Crippen LogP contribution in [0.1, 0.15) is 12.8 Å². The van der Waals surface area contributed by atoms with Crippen LogP contribution in [-0.4, -0.2) is 28.3 Å². The molecule has 0 aromatic heterocycles. The molecule has 1 atom stereocenters. The Hall–Kier alpha value is 1.40. The van der Waals surface area contributed by atoms with Crippen molar-refractivity contribution in [3.8, 4) is 0 Å². The van der Waals surface area contributed by atoms with Gasteiger partial charge >= 0.3 is 0 Å². The number of alkyl halides is 2. The van der Waals surface area contributed by atoms with E-state index in [0.717, 1.165) is 16.8 Å². The van der Waals surface area contributed by atoms with Crippen molar-refractivity contribution in [3.05, 3.63) is 0 Å². The third-order valence-electron chi connectivity index (χ3n) is 1.83. The quantitative estimate of drug-likeness (QED) is 0.553. The van der Waals surface area contributed by atoms with Gasteiger partial charge in [-0.05, 0) is 19.4 Å². The number of rotatable bonds is 2. The van der Waals surface area contributed by atoms with Crippen LogP contribution in [0.2, 0.25) is 0 Å². The van der Waals surface area contributed by atoms with Crippen LogP contribution in [0.15, 0.2) is 0 Å². The molecule has 4 heteroatoms. The lowest BCUT2D eigenvalue weighted by atomic mass is 10.2. The lowest BCUT2D eigenvalue weighted by Crippen LogP contribution is -2.28. The first-order valence-electron chi connectivity index (χ1n) is 3.24. The summed E-state index contributed by atoms with van der Waals surface area (Å²) in [4.78, 5) is 2.45. The van der Waals surface area contributed by atoms with Crippen molar-refractivity contribution in [1.82, 2.24) is 4.90 Å². The number of halogens is 3. The van der Waals surface area contributed by atoms with Gasteiger partial charge in [-0.25, -0.2) is 0 Å². The van der Waals surface area contributed by atoms with Gasteiger partial charge in [-0.15, -0.1) is 17.0 Å². The van der Waals surface area contributed by atoms with Gasteiger partial charge in [0.15, 0.2) is 0 Å². The Labute approximate surface area is 89.6 Å². The predicted molar refractivity (Wildman–Crippen MR) is 57.6 cm³/mol. The van der Waals surface area contributed by atoms with Crippen LogP contribution in [0.5, 0.6) is 0 Å². The minimum Gasteiger partial charge on any atom is -0.290 e. The Morgan fingerprint density at radius 2 is 2.10 bits per heavy atom. The van der Waals surface area contributed by atoms with Crippen molar-refractivity contribution in [3.63, 3.8) is 0 Å². The molecule has 1 heterocycles. The predicted octanol–water partition coefficient (Wildman–Crippen LogP) is 2.78. The fourth-order valence-corrected chi connectivity index (χ4v) is 2.62. The van der Waals surface area contributed by atoms with E-state index in [1.54, 1.807) is 0 Å². The Morgan fingerprint density at radius 1 is 1.40 bits per heavy atom. The van der Waals surface area contributed by atoms with E-state index >= 15 is 0 Å². The third kappa shape index (κ3) is 2.80. The average Bonchev–Trinajstić information content (AvgIpc) is 2.33. The maximum atomic E-state index is 3.49. The van der Waals surface area contributed by atoms with Crippen LogP contribution in [0.3, 0.4) is 0 Å². The maximum absolute atomic E-state index is 3.49. The van der Waals surface area contributed by atoms with Crippen LogP contribution in [-0.2, 0) is 0 Å². The SMILES string of the molecule is Br.BrCC1CCCN1CBr. The van der Waals surface area contributed by atoms with Crippen LogP contribution >= 0.6 is 48.8 Å². The summed E-state index contributed by atoms with van der Waals surface area (Å²) in [5.41, 5.74) is 1.03. The molecule has 1 fully saturated rings. The normalized spacial score (nSPS) is 26.4. The summed E-state index contributed by atoms with van der Waals surface area (Å²) in [7, 11) is 0. The zero-order chi connectivity index (χ0) is 6.69. The Balaban J connectivity index is 0.000000810. The van der Waals surface area contributed by atoms with E-state index in [1.807, 2.05) is 0 Å². The standard InChI is InChI=1S/C6H11Br2N.BrH/c7-4-6-2-1-3-9(6)5-8;/h6H,1-5H2;1H. The van der Waals surface area contributed by atoms with Crippen LogP contribution in [0, 0.1) is 0 Å². The summed E-state index contributed by atoms with van der Waals surface area (Å²) in [5, 5.41) is 1.12. The molecule has 0 amide bonds. The first-order chi connectivity index (χ1) is 4.38. The van der Waals surface area contributed by atoms with Gasteiger partial charge < -0.3 is 0 Å². The zero-order valence-electron chi connectivity index (χ0n) is 5.72.